The molecule has 1 N–H and O–H groups in total. The summed E-state index contributed by atoms with van der Waals surface area (Å²) in [6.45, 7) is 0.390. The number of hydrogen-bond acceptors (Lipinski definition) is 3. The van der Waals surface area contributed by atoms with Crippen LogP contribution in [0.4, 0.5) is 0 Å². The van der Waals surface area contributed by atoms with Crippen LogP contribution >= 0.6 is 0 Å². The Balaban J connectivity index is 1.97. The molecule has 1 saturated carbocycles. The summed E-state index contributed by atoms with van der Waals surface area (Å²) in [6, 6.07) is 0. The first-order valence-corrected chi connectivity index (χ1v) is 7.08. The van der Waals surface area contributed by atoms with Gasteiger partial charge in [-0.25, -0.2) is 0 Å². The number of methoxy groups -OCH3 is 1. The van der Waals surface area contributed by atoms with Crippen molar-refractivity contribution in [1.82, 2.24) is 0 Å². The lowest BCUT2D eigenvalue weighted by molar-refractivity contribution is -0.0898. The van der Waals surface area contributed by atoms with Gasteiger partial charge in [0.1, 0.15) is 6.79 Å². The third kappa shape index (κ3) is 7.02. The number of aliphatic hydroxyl groups is 1. The van der Waals surface area contributed by atoms with Gasteiger partial charge in [-0.1, -0.05) is 51.4 Å². The number of aliphatic hydroxyl groups excluding tert-OH is 1. The molecule has 0 unspecified atom stereocenters. The third-order valence-corrected chi connectivity index (χ3v) is 3.74. The van der Waals surface area contributed by atoms with Crippen molar-refractivity contribution in [2.45, 2.75) is 63.9 Å². The average molecular weight is 244 g/mol. The lowest BCUT2D eigenvalue weighted by Crippen LogP contribution is -2.19. The summed E-state index contributed by atoms with van der Waals surface area (Å²) in [4.78, 5) is 0. The maximum absolute atomic E-state index is 9.12. The van der Waals surface area contributed by atoms with Gasteiger partial charge in [0, 0.05) is 7.11 Å². The van der Waals surface area contributed by atoms with Gasteiger partial charge in [0.25, 0.3) is 0 Å². The van der Waals surface area contributed by atoms with E-state index >= 15 is 0 Å². The molecule has 0 radical (unpaired) electrons. The normalized spacial score (nSPS) is 19.4. The van der Waals surface area contributed by atoms with Crippen LogP contribution in [0.25, 0.3) is 0 Å². The summed E-state index contributed by atoms with van der Waals surface area (Å²) < 4.78 is 10.2. The van der Waals surface area contributed by atoms with Crippen LogP contribution in [-0.2, 0) is 9.47 Å². The molecule has 1 aliphatic carbocycles. The van der Waals surface area contributed by atoms with Crippen LogP contribution in [0, 0.1) is 5.92 Å². The number of rotatable bonds is 9. The Bertz CT molecular complexity index is 167. The number of unbranched alkanes of at least 4 members (excludes halogenated alkanes) is 1. The quantitative estimate of drug-likeness (QED) is 0.500. The van der Waals surface area contributed by atoms with Crippen LogP contribution in [0.15, 0.2) is 0 Å². The summed E-state index contributed by atoms with van der Waals surface area (Å²) in [5.41, 5.74) is 0. The molecule has 0 saturated heterocycles. The van der Waals surface area contributed by atoms with Crippen LogP contribution in [0.3, 0.4) is 0 Å². The van der Waals surface area contributed by atoms with Gasteiger partial charge in [0.15, 0.2) is 0 Å². The predicted molar refractivity (Wildman–Crippen MR) is 68.9 cm³/mol. The van der Waals surface area contributed by atoms with Crippen LogP contribution < -0.4 is 0 Å². The fraction of sp³-hybridized carbons (Fsp3) is 1.00. The first-order chi connectivity index (χ1) is 8.36. The minimum atomic E-state index is -0.0405. The van der Waals surface area contributed by atoms with E-state index in [4.69, 9.17) is 14.6 Å². The minimum Gasteiger partial charge on any atom is -0.394 e. The van der Waals surface area contributed by atoms with E-state index in [9.17, 15) is 0 Å². The lowest BCUT2D eigenvalue weighted by Gasteiger charge is -2.21. The molecule has 17 heavy (non-hydrogen) atoms. The molecule has 1 atom stereocenters. The molecule has 0 aliphatic heterocycles. The Morgan fingerprint density at radius 1 is 1.18 bits per heavy atom. The van der Waals surface area contributed by atoms with Crippen molar-refractivity contribution in [1.29, 1.82) is 0 Å². The van der Waals surface area contributed by atoms with E-state index in [0.29, 0.717) is 0 Å². The molecule has 0 amide bonds. The monoisotopic (exact) mass is 244 g/mol. The van der Waals surface area contributed by atoms with Gasteiger partial charge in [-0.3, -0.25) is 0 Å². The van der Waals surface area contributed by atoms with E-state index in [1.54, 1.807) is 7.11 Å². The van der Waals surface area contributed by atoms with Crippen molar-refractivity contribution >= 4 is 0 Å². The Kier molecular flexibility index (Phi) is 8.67. The Hall–Kier alpha value is -0.120. The summed E-state index contributed by atoms with van der Waals surface area (Å²) in [6.07, 6.45) is 11.9. The Labute approximate surface area is 105 Å². The molecule has 0 aromatic carbocycles. The molecule has 0 aromatic rings. The molecule has 3 heteroatoms. The zero-order valence-corrected chi connectivity index (χ0v) is 11.2. The molecule has 0 heterocycles. The fourth-order valence-corrected chi connectivity index (χ4v) is 2.67. The first kappa shape index (κ1) is 14.9. The molecule has 1 aliphatic rings. The van der Waals surface area contributed by atoms with Crippen molar-refractivity contribution in [2.75, 3.05) is 20.5 Å². The highest BCUT2D eigenvalue weighted by molar-refractivity contribution is 4.66. The molecular formula is C14H28O3. The molecule has 1 fully saturated rings. The third-order valence-electron chi connectivity index (χ3n) is 3.74. The van der Waals surface area contributed by atoms with Crippen molar-refractivity contribution < 1.29 is 14.6 Å². The molecule has 102 valence electrons. The smallest absolute Gasteiger partial charge is 0.146 e. The van der Waals surface area contributed by atoms with Gasteiger partial charge in [-0.05, 0) is 12.3 Å². The molecule has 1 rings (SSSR count). The SMILES string of the molecule is COCO[C@@H](CO)CCCCC1CCCCC1. The van der Waals surface area contributed by atoms with Gasteiger partial charge in [-0.2, -0.15) is 0 Å². The number of ether oxygens (including phenoxy) is 2. The van der Waals surface area contributed by atoms with Crippen molar-refractivity contribution in [3.63, 3.8) is 0 Å². The predicted octanol–water partition coefficient (Wildman–Crippen LogP) is 3.11. The molecule has 3 nitrogen and oxygen atoms in total. The van der Waals surface area contributed by atoms with Crippen molar-refractivity contribution in [3.05, 3.63) is 0 Å². The van der Waals surface area contributed by atoms with Gasteiger partial charge < -0.3 is 14.6 Å². The second-order valence-electron chi connectivity index (χ2n) is 5.17. The van der Waals surface area contributed by atoms with Crippen LogP contribution in [0.5, 0.6) is 0 Å². The lowest BCUT2D eigenvalue weighted by atomic mass is 9.85. The Morgan fingerprint density at radius 2 is 1.94 bits per heavy atom. The highest BCUT2D eigenvalue weighted by atomic mass is 16.7. The van der Waals surface area contributed by atoms with E-state index in [1.165, 1.54) is 44.9 Å². The van der Waals surface area contributed by atoms with Crippen LogP contribution in [0.1, 0.15) is 57.8 Å². The molecule has 0 spiro atoms. The second-order valence-corrected chi connectivity index (χ2v) is 5.17. The second kappa shape index (κ2) is 9.86. The fourth-order valence-electron chi connectivity index (χ4n) is 2.67. The summed E-state index contributed by atoms with van der Waals surface area (Å²) in [5, 5.41) is 9.12. The maximum Gasteiger partial charge on any atom is 0.146 e. The van der Waals surface area contributed by atoms with Gasteiger partial charge >= 0.3 is 0 Å². The standard InChI is InChI=1S/C14H28O3/c1-16-12-17-14(11-15)10-6-5-9-13-7-3-2-4-8-13/h13-15H,2-12H2,1H3/t14-/m1/s1. The number of hydrogen-bond donors (Lipinski definition) is 1. The highest BCUT2D eigenvalue weighted by Gasteiger charge is 2.13. The minimum absolute atomic E-state index is 0.0405. The van der Waals surface area contributed by atoms with Gasteiger partial charge in [-0.15, -0.1) is 0 Å². The molecule has 0 aromatic heterocycles. The van der Waals surface area contributed by atoms with E-state index in [0.717, 1.165) is 18.8 Å². The largest absolute Gasteiger partial charge is 0.394 e. The van der Waals surface area contributed by atoms with Gasteiger partial charge in [0.2, 0.25) is 0 Å². The maximum atomic E-state index is 9.12. The van der Waals surface area contributed by atoms with Crippen LogP contribution in [-0.4, -0.2) is 31.7 Å². The van der Waals surface area contributed by atoms with E-state index < -0.39 is 0 Å². The van der Waals surface area contributed by atoms with Crippen LogP contribution in [0.2, 0.25) is 0 Å². The van der Waals surface area contributed by atoms with E-state index in [-0.39, 0.29) is 19.5 Å². The van der Waals surface area contributed by atoms with Crippen molar-refractivity contribution in [2.24, 2.45) is 5.92 Å². The van der Waals surface area contributed by atoms with Gasteiger partial charge in [0.05, 0.1) is 12.7 Å². The van der Waals surface area contributed by atoms with E-state index in [2.05, 4.69) is 0 Å². The zero-order chi connectivity index (χ0) is 12.3. The highest BCUT2D eigenvalue weighted by Crippen LogP contribution is 2.28. The topological polar surface area (TPSA) is 38.7 Å². The molecular weight excluding hydrogens is 216 g/mol. The zero-order valence-electron chi connectivity index (χ0n) is 11.2. The average Bonchev–Trinajstić information content (AvgIpc) is 2.39. The summed E-state index contributed by atoms with van der Waals surface area (Å²) >= 11 is 0. The van der Waals surface area contributed by atoms with E-state index in [1.807, 2.05) is 0 Å². The summed E-state index contributed by atoms with van der Waals surface area (Å²) in [7, 11) is 1.61. The Morgan fingerprint density at radius 3 is 2.59 bits per heavy atom. The first-order valence-electron chi connectivity index (χ1n) is 7.08. The summed E-state index contributed by atoms with van der Waals surface area (Å²) in [5.74, 6) is 0.969. The van der Waals surface area contributed by atoms with Crippen molar-refractivity contribution in [3.8, 4) is 0 Å². The molecule has 0 bridgehead atoms.